The maximum Gasteiger partial charge on any atom is 0.137 e. The topological polar surface area (TPSA) is 63.8 Å². The number of rotatable bonds is 4. The molecule has 90 valence electrons. The summed E-state index contributed by atoms with van der Waals surface area (Å²) in [6.07, 6.45) is 3.67. The van der Waals surface area contributed by atoms with Gasteiger partial charge in [0.05, 0.1) is 5.52 Å². The first-order chi connectivity index (χ1) is 8.20. The molecule has 3 N–H and O–H groups in total. The van der Waals surface area contributed by atoms with Crippen LogP contribution in [0, 0.1) is 0 Å². The summed E-state index contributed by atoms with van der Waals surface area (Å²) in [5.41, 5.74) is 7.33. The van der Waals surface area contributed by atoms with Crippen molar-refractivity contribution < 1.29 is 0 Å². The van der Waals surface area contributed by atoms with Crippen molar-refractivity contribution in [3.8, 4) is 0 Å². The van der Waals surface area contributed by atoms with Crippen molar-refractivity contribution in [2.45, 2.75) is 12.2 Å². The van der Waals surface area contributed by atoms with Crippen LogP contribution in [0.1, 0.15) is 6.92 Å². The van der Waals surface area contributed by atoms with Crippen LogP contribution in [0.5, 0.6) is 0 Å². The van der Waals surface area contributed by atoms with Gasteiger partial charge in [0, 0.05) is 22.9 Å². The SMILES string of the molecule is CSC(C)CNc1ncnc2cc(N)ccc12. The number of benzene rings is 1. The van der Waals surface area contributed by atoms with Gasteiger partial charge in [0.15, 0.2) is 0 Å². The van der Waals surface area contributed by atoms with Crippen molar-refractivity contribution in [2.75, 3.05) is 23.9 Å². The molecule has 0 amide bonds. The van der Waals surface area contributed by atoms with E-state index in [9.17, 15) is 0 Å². The van der Waals surface area contributed by atoms with Gasteiger partial charge in [-0.05, 0) is 24.5 Å². The molecule has 0 saturated carbocycles. The summed E-state index contributed by atoms with van der Waals surface area (Å²) in [5.74, 6) is 0.871. The van der Waals surface area contributed by atoms with E-state index in [0.29, 0.717) is 5.25 Å². The second-order valence-electron chi connectivity index (χ2n) is 3.93. The number of thioether (sulfide) groups is 1. The minimum Gasteiger partial charge on any atom is -0.399 e. The van der Waals surface area contributed by atoms with Gasteiger partial charge in [0.1, 0.15) is 12.1 Å². The van der Waals surface area contributed by atoms with Crippen molar-refractivity contribution in [1.29, 1.82) is 0 Å². The zero-order chi connectivity index (χ0) is 12.3. The Kier molecular flexibility index (Phi) is 3.68. The quantitative estimate of drug-likeness (QED) is 0.813. The summed E-state index contributed by atoms with van der Waals surface area (Å²) in [7, 11) is 0. The molecule has 1 heterocycles. The molecule has 0 radical (unpaired) electrons. The number of aromatic nitrogens is 2. The zero-order valence-corrected chi connectivity index (χ0v) is 10.8. The first-order valence-corrected chi connectivity index (χ1v) is 6.76. The smallest absolute Gasteiger partial charge is 0.137 e. The number of fused-ring (bicyclic) bond motifs is 1. The average Bonchev–Trinajstić information content (AvgIpc) is 2.35. The molecule has 0 aliphatic heterocycles. The fourth-order valence-electron chi connectivity index (χ4n) is 1.54. The summed E-state index contributed by atoms with van der Waals surface area (Å²) in [5, 5.41) is 4.90. The van der Waals surface area contributed by atoms with Crippen LogP contribution in [-0.4, -0.2) is 28.0 Å². The van der Waals surface area contributed by atoms with Gasteiger partial charge in [-0.25, -0.2) is 9.97 Å². The Balaban J connectivity index is 2.28. The first-order valence-electron chi connectivity index (χ1n) is 5.47. The third-order valence-corrected chi connectivity index (χ3v) is 3.59. The molecule has 0 aliphatic rings. The Morgan fingerprint density at radius 1 is 1.41 bits per heavy atom. The Hall–Kier alpha value is -1.49. The standard InChI is InChI=1S/C12H16N4S/c1-8(17-2)6-14-12-10-4-3-9(13)5-11(10)15-7-16-12/h3-5,7-8H,6,13H2,1-2H3,(H,14,15,16). The van der Waals surface area contributed by atoms with Gasteiger partial charge in [0.25, 0.3) is 0 Å². The zero-order valence-electron chi connectivity index (χ0n) is 9.97. The molecule has 2 aromatic rings. The lowest BCUT2D eigenvalue weighted by molar-refractivity contribution is 0.992. The monoisotopic (exact) mass is 248 g/mol. The lowest BCUT2D eigenvalue weighted by atomic mass is 10.2. The van der Waals surface area contributed by atoms with Crippen molar-refractivity contribution in [3.63, 3.8) is 0 Å². The molecule has 5 heteroatoms. The molecule has 0 saturated heterocycles. The summed E-state index contributed by atoms with van der Waals surface area (Å²) < 4.78 is 0. The minimum absolute atomic E-state index is 0.550. The number of nitrogen functional groups attached to an aromatic ring is 1. The van der Waals surface area contributed by atoms with Crippen LogP contribution in [-0.2, 0) is 0 Å². The van der Waals surface area contributed by atoms with E-state index >= 15 is 0 Å². The Bertz CT molecular complexity index is 515. The average molecular weight is 248 g/mol. The second kappa shape index (κ2) is 5.23. The van der Waals surface area contributed by atoms with Crippen molar-refractivity contribution in [1.82, 2.24) is 9.97 Å². The van der Waals surface area contributed by atoms with Gasteiger partial charge in [-0.1, -0.05) is 6.92 Å². The normalized spacial score (nSPS) is 12.6. The van der Waals surface area contributed by atoms with Gasteiger partial charge >= 0.3 is 0 Å². The van der Waals surface area contributed by atoms with Gasteiger partial charge in [-0.3, -0.25) is 0 Å². The molecule has 17 heavy (non-hydrogen) atoms. The molecular formula is C12H16N4S. The molecule has 4 nitrogen and oxygen atoms in total. The molecule has 1 aromatic carbocycles. The highest BCUT2D eigenvalue weighted by atomic mass is 32.2. The molecule has 1 atom stereocenters. The van der Waals surface area contributed by atoms with Gasteiger partial charge in [-0.15, -0.1) is 0 Å². The molecule has 1 aromatic heterocycles. The van der Waals surface area contributed by atoms with E-state index in [1.165, 1.54) is 0 Å². The third kappa shape index (κ3) is 2.79. The highest BCUT2D eigenvalue weighted by Gasteiger charge is 2.05. The summed E-state index contributed by atoms with van der Waals surface area (Å²) in [6, 6.07) is 5.69. The van der Waals surface area contributed by atoms with E-state index in [2.05, 4.69) is 28.5 Å². The van der Waals surface area contributed by atoms with Crippen molar-refractivity contribution >= 4 is 34.2 Å². The molecule has 0 spiro atoms. The molecule has 2 rings (SSSR count). The summed E-state index contributed by atoms with van der Waals surface area (Å²) >= 11 is 1.83. The van der Waals surface area contributed by atoms with E-state index in [0.717, 1.165) is 29.0 Å². The van der Waals surface area contributed by atoms with Crippen LogP contribution in [0.15, 0.2) is 24.5 Å². The van der Waals surface area contributed by atoms with Crippen LogP contribution >= 0.6 is 11.8 Å². The van der Waals surface area contributed by atoms with Crippen molar-refractivity contribution in [2.24, 2.45) is 0 Å². The number of anilines is 2. The maximum absolute atomic E-state index is 5.73. The fourth-order valence-corrected chi connectivity index (χ4v) is 1.79. The number of hydrogen-bond acceptors (Lipinski definition) is 5. The Morgan fingerprint density at radius 3 is 3.00 bits per heavy atom. The van der Waals surface area contributed by atoms with Gasteiger partial charge in [-0.2, -0.15) is 11.8 Å². The first kappa shape index (κ1) is 12.0. The Morgan fingerprint density at radius 2 is 2.24 bits per heavy atom. The molecule has 1 unspecified atom stereocenters. The van der Waals surface area contributed by atoms with Gasteiger partial charge in [0.2, 0.25) is 0 Å². The van der Waals surface area contributed by atoms with Crippen LogP contribution in [0.25, 0.3) is 10.9 Å². The molecule has 0 bridgehead atoms. The number of nitrogens with one attached hydrogen (secondary N) is 1. The van der Waals surface area contributed by atoms with E-state index in [-0.39, 0.29) is 0 Å². The van der Waals surface area contributed by atoms with Crippen molar-refractivity contribution in [3.05, 3.63) is 24.5 Å². The predicted octanol–water partition coefficient (Wildman–Crippen LogP) is 2.38. The lowest BCUT2D eigenvalue weighted by Gasteiger charge is -2.11. The molecule has 0 aliphatic carbocycles. The van der Waals surface area contributed by atoms with Crippen LogP contribution < -0.4 is 11.1 Å². The van der Waals surface area contributed by atoms with E-state index in [4.69, 9.17) is 5.73 Å². The maximum atomic E-state index is 5.73. The highest BCUT2D eigenvalue weighted by Crippen LogP contribution is 2.21. The van der Waals surface area contributed by atoms with E-state index in [1.54, 1.807) is 6.33 Å². The third-order valence-electron chi connectivity index (χ3n) is 2.62. The fraction of sp³-hybridized carbons (Fsp3) is 0.333. The summed E-state index contributed by atoms with van der Waals surface area (Å²) in [4.78, 5) is 8.48. The number of nitrogens with two attached hydrogens (primary N) is 1. The highest BCUT2D eigenvalue weighted by molar-refractivity contribution is 7.99. The van der Waals surface area contributed by atoms with E-state index in [1.807, 2.05) is 30.0 Å². The minimum atomic E-state index is 0.550. The van der Waals surface area contributed by atoms with Crippen LogP contribution in [0.2, 0.25) is 0 Å². The summed E-state index contributed by atoms with van der Waals surface area (Å²) in [6.45, 7) is 3.07. The lowest BCUT2D eigenvalue weighted by Crippen LogP contribution is -2.13. The predicted molar refractivity (Wildman–Crippen MR) is 75.4 cm³/mol. The van der Waals surface area contributed by atoms with Crippen LogP contribution in [0.4, 0.5) is 11.5 Å². The van der Waals surface area contributed by atoms with Crippen LogP contribution in [0.3, 0.4) is 0 Å². The number of nitrogens with zero attached hydrogens (tertiary/aromatic N) is 2. The van der Waals surface area contributed by atoms with E-state index < -0.39 is 0 Å². The Labute approximate surface area is 105 Å². The second-order valence-corrected chi connectivity index (χ2v) is 5.20. The number of hydrogen-bond donors (Lipinski definition) is 2. The molecule has 0 fully saturated rings. The molecular weight excluding hydrogens is 232 g/mol. The largest absolute Gasteiger partial charge is 0.399 e. The van der Waals surface area contributed by atoms with Gasteiger partial charge < -0.3 is 11.1 Å².